The second-order valence-corrected chi connectivity index (χ2v) is 6.24. The minimum absolute atomic E-state index is 0.297. The van der Waals surface area contributed by atoms with Crippen LogP contribution in [0.2, 0.25) is 0 Å². The maximum Gasteiger partial charge on any atom is 0.265 e. The number of rotatable bonds is 7. The number of carbonyl (C=O) groups excluding carboxylic acids is 1. The van der Waals surface area contributed by atoms with Crippen LogP contribution in [0.3, 0.4) is 0 Å². The molecule has 1 aliphatic rings. The van der Waals surface area contributed by atoms with E-state index in [1.54, 1.807) is 6.20 Å². The third kappa shape index (κ3) is 4.22. The molecule has 1 amide bonds. The van der Waals surface area contributed by atoms with Crippen LogP contribution in [0.15, 0.2) is 53.8 Å². The topological polar surface area (TPSA) is 86.8 Å². The molecule has 0 bridgehead atoms. The van der Waals surface area contributed by atoms with Gasteiger partial charge in [0.25, 0.3) is 5.91 Å². The largest absolute Gasteiger partial charge is 0.378 e. The van der Waals surface area contributed by atoms with E-state index in [2.05, 4.69) is 10.1 Å². The van der Waals surface area contributed by atoms with Crippen LogP contribution >= 0.6 is 0 Å². The molecule has 0 radical (unpaired) electrons. The van der Waals surface area contributed by atoms with E-state index >= 15 is 0 Å². The highest BCUT2D eigenvalue weighted by Gasteiger charge is 2.45. The summed E-state index contributed by atoms with van der Waals surface area (Å²) in [6, 6.07) is 13.5. The van der Waals surface area contributed by atoms with Crippen molar-refractivity contribution in [2.45, 2.75) is 32.0 Å². The summed E-state index contributed by atoms with van der Waals surface area (Å²) in [6.07, 6.45) is 2.48. The first-order valence-corrected chi connectivity index (χ1v) is 8.14. The number of hydrogen-bond donors (Lipinski definition) is 1. The van der Waals surface area contributed by atoms with E-state index in [1.165, 1.54) is 0 Å². The number of hydrogen-bond acceptors (Lipinski definition) is 5. The molecule has 25 heavy (non-hydrogen) atoms. The molecule has 0 saturated carbocycles. The minimum atomic E-state index is -1.13. The van der Waals surface area contributed by atoms with E-state index in [-0.39, 0.29) is 0 Å². The van der Waals surface area contributed by atoms with Gasteiger partial charge in [0.2, 0.25) is 5.60 Å². The Labute approximate surface area is 146 Å². The molecule has 0 saturated heterocycles. The van der Waals surface area contributed by atoms with Crippen molar-refractivity contribution in [3.05, 3.63) is 65.5 Å². The molecule has 0 spiro atoms. The maximum absolute atomic E-state index is 12.0. The zero-order valence-corrected chi connectivity index (χ0v) is 14.1. The number of benzene rings is 1. The molecule has 130 valence electrons. The second-order valence-electron chi connectivity index (χ2n) is 6.24. The lowest BCUT2D eigenvalue weighted by atomic mass is 9.89. The molecule has 1 aliphatic heterocycles. The highest BCUT2D eigenvalue weighted by molar-refractivity contribution is 5.96. The predicted octanol–water partition coefficient (Wildman–Crippen LogP) is 2.15. The van der Waals surface area contributed by atoms with Gasteiger partial charge < -0.3 is 15.3 Å². The molecule has 0 aliphatic carbocycles. The first-order valence-electron chi connectivity index (χ1n) is 8.14. The number of nitrogens with two attached hydrogens (primary N) is 1. The Bertz CT molecular complexity index is 776. The highest BCUT2D eigenvalue weighted by atomic mass is 16.7. The van der Waals surface area contributed by atoms with Crippen LogP contribution in [0.1, 0.15) is 23.2 Å². The van der Waals surface area contributed by atoms with Crippen LogP contribution in [-0.4, -0.2) is 28.8 Å². The molecule has 1 unspecified atom stereocenters. The van der Waals surface area contributed by atoms with E-state index in [0.717, 1.165) is 16.8 Å². The average Bonchev–Trinajstić information content (AvgIpc) is 3.00. The third-order valence-electron chi connectivity index (χ3n) is 4.12. The fraction of sp³-hybridized carbons (Fsp3) is 0.316. The molecule has 0 fully saturated rings. The van der Waals surface area contributed by atoms with Gasteiger partial charge in [0.1, 0.15) is 0 Å². The number of carbonyl (C=O) groups is 1. The quantitative estimate of drug-likeness (QED) is 0.837. The Hall–Kier alpha value is -2.73. The van der Waals surface area contributed by atoms with Gasteiger partial charge in [0.05, 0.1) is 18.9 Å². The number of ether oxygens (including phenoxy) is 1. The first-order chi connectivity index (χ1) is 12.1. The molecule has 1 aromatic heterocycles. The van der Waals surface area contributed by atoms with Gasteiger partial charge in [-0.15, -0.1) is 0 Å². The first kappa shape index (κ1) is 17.1. The zero-order chi connectivity index (χ0) is 17.7. The van der Waals surface area contributed by atoms with Crippen LogP contribution in [0.25, 0.3) is 0 Å². The van der Waals surface area contributed by atoms with Crippen molar-refractivity contribution >= 4 is 11.6 Å². The third-order valence-corrected chi connectivity index (χ3v) is 4.12. The number of aryl methyl sites for hydroxylation is 1. The Morgan fingerprint density at radius 1 is 1.24 bits per heavy atom. The lowest BCUT2D eigenvalue weighted by Gasteiger charge is -2.22. The standard InChI is InChI=1S/C19H21N3O3/c1-14-9-16(7-8-21-14)12-24-13-17-11-19(18(20)23,25-22-17)10-15-5-3-2-4-6-15/h2-9H,10-13H2,1H3,(H2,20,23). The summed E-state index contributed by atoms with van der Waals surface area (Å²) in [5, 5.41) is 4.03. The number of pyridine rings is 1. The van der Waals surface area contributed by atoms with E-state index in [9.17, 15) is 4.79 Å². The van der Waals surface area contributed by atoms with Crippen molar-refractivity contribution in [3.8, 4) is 0 Å². The van der Waals surface area contributed by atoms with Crippen LogP contribution in [-0.2, 0) is 27.4 Å². The Morgan fingerprint density at radius 3 is 2.76 bits per heavy atom. The molecule has 1 aromatic carbocycles. The van der Waals surface area contributed by atoms with Gasteiger partial charge in [-0.1, -0.05) is 35.5 Å². The normalized spacial score (nSPS) is 19.3. The van der Waals surface area contributed by atoms with Crippen LogP contribution < -0.4 is 5.73 Å². The van der Waals surface area contributed by atoms with Gasteiger partial charge in [-0.05, 0) is 30.2 Å². The lowest BCUT2D eigenvalue weighted by molar-refractivity contribution is -0.140. The summed E-state index contributed by atoms with van der Waals surface area (Å²) in [6.45, 7) is 2.68. The van der Waals surface area contributed by atoms with Gasteiger partial charge in [0.15, 0.2) is 0 Å². The summed E-state index contributed by atoms with van der Waals surface area (Å²) in [5.41, 5.74) is 8.10. The van der Waals surface area contributed by atoms with Gasteiger partial charge in [-0.25, -0.2) is 0 Å². The summed E-state index contributed by atoms with van der Waals surface area (Å²) in [4.78, 5) is 21.6. The Morgan fingerprint density at radius 2 is 2.04 bits per heavy atom. The Balaban J connectivity index is 1.57. The second kappa shape index (κ2) is 7.44. The van der Waals surface area contributed by atoms with E-state index in [0.29, 0.717) is 31.8 Å². The van der Waals surface area contributed by atoms with Crippen LogP contribution in [0.5, 0.6) is 0 Å². The lowest BCUT2D eigenvalue weighted by Crippen LogP contribution is -2.46. The number of nitrogens with zero attached hydrogens (tertiary/aromatic N) is 2. The predicted molar refractivity (Wildman–Crippen MR) is 93.8 cm³/mol. The molecule has 3 rings (SSSR count). The maximum atomic E-state index is 12.0. The molecular weight excluding hydrogens is 318 g/mol. The summed E-state index contributed by atoms with van der Waals surface area (Å²) < 4.78 is 5.69. The van der Waals surface area contributed by atoms with E-state index in [4.69, 9.17) is 15.3 Å². The highest BCUT2D eigenvalue weighted by Crippen LogP contribution is 2.28. The average molecular weight is 339 g/mol. The summed E-state index contributed by atoms with van der Waals surface area (Å²) >= 11 is 0. The minimum Gasteiger partial charge on any atom is -0.378 e. The van der Waals surface area contributed by atoms with Gasteiger partial charge in [-0.3, -0.25) is 9.78 Å². The fourth-order valence-electron chi connectivity index (χ4n) is 2.84. The van der Waals surface area contributed by atoms with Gasteiger partial charge in [0, 0.05) is 24.7 Å². The van der Waals surface area contributed by atoms with Crippen molar-refractivity contribution in [3.63, 3.8) is 0 Å². The van der Waals surface area contributed by atoms with Crippen molar-refractivity contribution in [2.24, 2.45) is 10.9 Å². The number of aromatic nitrogens is 1. The van der Waals surface area contributed by atoms with Gasteiger partial charge >= 0.3 is 0 Å². The van der Waals surface area contributed by atoms with Crippen molar-refractivity contribution in [1.82, 2.24) is 4.98 Å². The van der Waals surface area contributed by atoms with Crippen molar-refractivity contribution < 1.29 is 14.4 Å². The van der Waals surface area contributed by atoms with Crippen molar-refractivity contribution in [1.29, 1.82) is 0 Å². The molecule has 6 heteroatoms. The van der Waals surface area contributed by atoms with E-state index in [1.807, 2.05) is 49.4 Å². The number of amides is 1. The zero-order valence-electron chi connectivity index (χ0n) is 14.1. The summed E-state index contributed by atoms with van der Waals surface area (Å²) in [5.74, 6) is -0.514. The van der Waals surface area contributed by atoms with Crippen LogP contribution in [0, 0.1) is 6.92 Å². The smallest absolute Gasteiger partial charge is 0.265 e. The molecule has 2 N–H and O–H groups in total. The molecule has 2 heterocycles. The number of oxime groups is 1. The summed E-state index contributed by atoms with van der Waals surface area (Å²) in [7, 11) is 0. The van der Waals surface area contributed by atoms with E-state index < -0.39 is 11.5 Å². The fourth-order valence-corrected chi connectivity index (χ4v) is 2.84. The van der Waals surface area contributed by atoms with Crippen molar-refractivity contribution in [2.75, 3.05) is 6.61 Å². The number of primary amides is 1. The SMILES string of the molecule is Cc1cc(COCC2=NOC(Cc3ccccc3)(C(N)=O)C2)ccn1. The van der Waals surface area contributed by atoms with Crippen LogP contribution in [0.4, 0.5) is 0 Å². The Kier molecular flexibility index (Phi) is 5.09. The monoisotopic (exact) mass is 339 g/mol. The van der Waals surface area contributed by atoms with Gasteiger partial charge in [-0.2, -0.15) is 0 Å². The molecule has 2 aromatic rings. The molecule has 1 atom stereocenters. The molecular formula is C19H21N3O3. The molecule has 6 nitrogen and oxygen atoms in total.